The normalized spacial score (nSPS) is 16.6. The van der Waals surface area contributed by atoms with E-state index in [0.29, 0.717) is 30.1 Å². The molecule has 1 atom stereocenters. The number of aromatic nitrogens is 2. The van der Waals surface area contributed by atoms with Gasteiger partial charge < -0.3 is 15.4 Å². The summed E-state index contributed by atoms with van der Waals surface area (Å²) >= 11 is 1.36. The number of amides is 2. The van der Waals surface area contributed by atoms with Gasteiger partial charge in [-0.2, -0.15) is 0 Å². The third-order valence-corrected chi connectivity index (χ3v) is 5.78. The highest BCUT2D eigenvalue weighted by molar-refractivity contribution is 7.11. The zero-order valence-corrected chi connectivity index (χ0v) is 16.7. The average Bonchev–Trinajstić information content (AvgIpc) is 3.19. The topological polar surface area (TPSA) is 98.4 Å². The van der Waals surface area contributed by atoms with Crippen molar-refractivity contribution in [2.75, 3.05) is 19.7 Å². The summed E-state index contributed by atoms with van der Waals surface area (Å²) < 4.78 is 5.90. The van der Waals surface area contributed by atoms with Crippen LogP contribution in [0.1, 0.15) is 37.5 Å². The van der Waals surface area contributed by atoms with Gasteiger partial charge in [-0.3, -0.25) is 9.59 Å². The third-order valence-electron chi connectivity index (χ3n) is 4.86. The zero-order valence-electron chi connectivity index (χ0n) is 15.9. The molecule has 4 rings (SSSR count). The standard InChI is InChI=1S/C21H20N4O3S/c1-13-19(29-12-23-13)21(27)25-9-10-28-18(11-25)17-4-2-3-16(24-17)14-5-7-15(8-6-14)20(22)26/h2-8,12,18H,9-11H2,1H3,(H2,22,26)/t18-/m1/s1. The number of carbonyl (C=O) groups excluding carboxylic acids is 2. The summed E-state index contributed by atoms with van der Waals surface area (Å²) in [6.07, 6.45) is -0.300. The van der Waals surface area contributed by atoms with Crippen LogP contribution >= 0.6 is 11.3 Å². The maximum absolute atomic E-state index is 12.8. The number of hydrogen-bond acceptors (Lipinski definition) is 6. The monoisotopic (exact) mass is 408 g/mol. The Bertz CT molecular complexity index is 1050. The minimum Gasteiger partial charge on any atom is -0.368 e. The highest BCUT2D eigenvalue weighted by Gasteiger charge is 2.28. The number of aryl methyl sites for hydroxylation is 1. The lowest BCUT2D eigenvalue weighted by Crippen LogP contribution is -2.42. The highest BCUT2D eigenvalue weighted by atomic mass is 32.1. The van der Waals surface area contributed by atoms with Crippen molar-refractivity contribution in [2.24, 2.45) is 5.73 Å². The number of pyridine rings is 1. The molecule has 2 N–H and O–H groups in total. The SMILES string of the molecule is Cc1ncsc1C(=O)N1CCO[C@@H](c2cccc(-c3ccc(C(N)=O)cc3)n2)C1. The van der Waals surface area contributed by atoms with Crippen LogP contribution in [0, 0.1) is 6.92 Å². The molecule has 3 heterocycles. The molecule has 1 aliphatic rings. The van der Waals surface area contributed by atoms with Crippen LogP contribution in [0.25, 0.3) is 11.3 Å². The number of primary amides is 1. The molecule has 3 aromatic rings. The van der Waals surface area contributed by atoms with E-state index >= 15 is 0 Å². The van der Waals surface area contributed by atoms with Crippen LogP contribution in [-0.4, -0.2) is 46.4 Å². The van der Waals surface area contributed by atoms with E-state index in [-0.39, 0.29) is 12.0 Å². The summed E-state index contributed by atoms with van der Waals surface area (Å²) in [5.74, 6) is -0.480. The van der Waals surface area contributed by atoms with Gasteiger partial charge in [-0.1, -0.05) is 18.2 Å². The molecular weight excluding hydrogens is 388 g/mol. The Kier molecular flexibility index (Phi) is 5.37. The lowest BCUT2D eigenvalue weighted by molar-refractivity contribution is -0.0245. The van der Waals surface area contributed by atoms with Gasteiger partial charge >= 0.3 is 0 Å². The van der Waals surface area contributed by atoms with Crippen molar-refractivity contribution < 1.29 is 14.3 Å². The number of benzene rings is 1. The minimum atomic E-state index is -0.463. The number of rotatable bonds is 4. The second kappa shape index (κ2) is 8.10. The molecular formula is C21H20N4O3S. The number of hydrogen-bond donors (Lipinski definition) is 1. The molecule has 1 saturated heterocycles. The predicted molar refractivity (Wildman–Crippen MR) is 110 cm³/mol. The Morgan fingerprint density at radius 3 is 2.69 bits per heavy atom. The van der Waals surface area contributed by atoms with E-state index in [4.69, 9.17) is 15.5 Å². The number of carbonyl (C=O) groups is 2. The van der Waals surface area contributed by atoms with Gasteiger partial charge in [-0.05, 0) is 31.2 Å². The fraction of sp³-hybridized carbons (Fsp3) is 0.238. The molecule has 2 aromatic heterocycles. The van der Waals surface area contributed by atoms with Crippen LogP contribution in [0.2, 0.25) is 0 Å². The summed E-state index contributed by atoms with van der Waals surface area (Å²) in [5.41, 5.74) is 10.6. The minimum absolute atomic E-state index is 0.0171. The maximum Gasteiger partial charge on any atom is 0.266 e. The Morgan fingerprint density at radius 2 is 2.00 bits per heavy atom. The van der Waals surface area contributed by atoms with Gasteiger partial charge in [0.15, 0.2) is 0 Å². The Morgan fingerprint density at radius 1 is 1.21 bits per heavy atom. The molecule has 2 amide bonds. The summed E-state index contributed by atoms with van der Waals surface area (Å²) in [4.78, 5) is 35.4. The van der Waals surface area contributed by atoms with Crippen molar-refractivity contribution in [3.8, 4) is 11.3 Å². The van der Waals surface area contributed by atoms with Crippen LogP contribution in [0.15, 0.2) is 48.0 Å². The van der Waals surface area contributed by atoms with E-state index in [9.17, 15) is 9.59 Å². The molecule has 1 aliphatic heterocycles. The predicted octanol–water partition coefficient (Wildman–Crippen LogP) is 2.83. The highest BCUT2D eigenvalue weighted by Crippen LogP contribution is 2.26. The Labute approximate surface area is 172 Å². The number of thiazole rings is 1. The number of morpholine rings is 1. The van der Waals surface area contributed by atoms with E-state index < -0.39 is 5.91 Å². The molecule has 0 bridgehead atoms. The quantitative estimate of drug-likeness (QED) is 0.716. The van der Waals surface area contributed by atoms with Crippen LogP contribution in [0.4, 0.5) is 0 Å². The fourth-order valence-corrected chi connectivity index (χ4v) is 4.03. The molecule has 8 heteroatoms. The van der Waals surface area contributed by atoms with Crippen molar-refractivity contribution in [2.45, 2.75) is 13.0 Å². The lowest BCUT2D eigenvalue weighted by Gasteiger charge is -2.32. The van der Waals surface area contributed by atoms with E-state index in [1.54, 1.807) is 22.5 Å². The number of nitrogens with two attached hydrogens (primary N) is 1. The molecule has 0 radical (unpaired) electrons. The molecule has 0 saturated carbocycles. The first-order valence-corrected chi connectivity index (χ1v) is 10.1. The Balaban J connectivity index is 1.54. The largest absolute Gasteiger partial charge is 0.368 e. The molecule has 0 aliphatic carbocycles. The van der Waals surface area contributed by atoms with Gasteiger partial charge in [0.25, 0.3) is 5.91 Å². The van der Waals surface area contributed by atoms with Crippen LogP contribution < -0.4 is 5.73 Å². The second-order valence-corrected chi connectivity index (χ2v) is 7.62. The van der Waals surface area contributed by atoms with Gasteiger partial charge in [-0.25, -0.2) is 9.97 Å². The van der Waals surface area contributed by atoms with Gasteiger partial charge in [0.05, 0.1) is 35.7 Å². The summed E-state index contributed by atoms with van der Waals surface area (Å²) in [5, 5.41) is 0. The van der Waals surface area contributed by atoms with Gasteiger partial charge in [0.2, 0.25) is 5.91 Å². The van der Waals surface area contributed by atoms with Gasteiger partial charge in [0.1, 0.15) is 11.0 Å². The average molecular weight is 408 g/mol. The van der Waals surface area contributed by atoms with Crippen molar-refractivity contribution in [1.82, 2.24) is 14.9 Å². The molecule has 7 nitrogen and oxygen atoms in total. The zero-order chi connectivity index (χ0) is 20.4. The van der Waals surface area contributed by atoms with E-state index in [1.807, 2.05) is 37.3 Å². The van der Waals surface area contributed by atoms with Crippen LogP contribution in [0.3, 0.4) is 0 Å². The fourth-order valence-electron chi connectivity index (χ4n) is 3.26. The first-order chi connectivity index (χ1) is 14.0. The van der Waals surface area contributed by atoms with Gasteiger partial charge in [-0.15, -0.1) is 11.3 Å². The van der Waals surface area contributed by atoms with Crippen molar-refractivity contribution >= 4 is 23.2 Å². The van der Waals surface area contributed by atoms with Crippen LogP contribution in [-0.2, 0) is 4.74 Å². The van der Waals surface area contributed by atoms with Crippen molar-refractivity contribution in [1.29, 1.82) is 0 Å². The maximum atomic E-state index is 12.8. The van der Waals surface area contributed by atoms with E-state index in [1.165, 1.54) is 11.3 Å². The van der Waals surface area contributed by atoms with Crippen LogP contribution in [0.5, 0.6) is 0 Å². The summed E-state index contributed by atoms with van der Waals surface area (Å²) in [6.45, 7) is 3.28. The third kappa shape index (κ3) is 4.03. The smallest absolute Gasteiger partial charge is 0.266 e. The molecule has 0 spiro atoms. The first-order valence-electron chi connectivity index (χ1n) is 9.21. The lowest BCUT2D eigenvalue weighted by atomic mass is 10.1. The van der Waals surface area contributed by atoms with E-state index in [0.717, 1.165) is 22.6 Å². The van der Waals surface area contributed by atoms with E-state index in [2.05, 4.69) is 4.98 Å². The molecule has 1 aromatic carbocycles. The molecule has 148 valence electrons. The number of nitrogens with zero attached hydrogens (tertiary/aromatic N) is 3. The van der Waals surface area contributed by atoms with Crippen molar-refractivity contribution in [3.63, 3.8) is 0 Å². The molecule has 29 heavy (non-hydrogen) atoms. The van der Waals surface area contributed by atoms with Gasteiger partial charge in [0, 0.05) is 17.7 Å². The summed E-state index contributed by atoms with van der Waals surface area (Å²) in [7, 11) is 0. The Hall–Kier alpha value is -3.10. The first kappa shape index (κ1) is 19.2. The number of ether oxygens (including phenoxy) is 1. The van der Waals surface area contributed by atoms with Crippen molar-refractivity contribution in [3.05, 3.63) is 69.8 Å². The molecule has 1 fully saturated rings. The molecule has 0 unspecified atom stereocenters. The summed E-state index contributed by atoms with van der Waals surface area (Å²) in [6, 6.07) is 12.7. The second-order valence-electron chi connectivity index (χ2n) is 6.77.